The zero-order chi connectivity index (χ0) is 15.7. The number of ether oxygens (including phenoxy) is 1. The minimum absolute atomic E-state index is 0.266. The molecule has 5 N–H and O–H groups in total. The van der Waals surface area contributed by atoms with Gasteiger partial charge in [-0.15, -0.1) is 0 Å². The minimum atomic E-state index is -0.639. The molecule has 0 aliphatic heterocycles. The van der Waals surface area contributed by atoms with Gasteiger partial charge in [0.15, 0.2) is 0 Å². The van der Waals surface area contributed by atoms with Crippen LogP contribution in [0.3, 0.4) is 0 Å². The number of nitrogens with two attached hydrogens (primary N) is 1. The number of amides is 3. The van der Waals surface area contributed by atoms with Gasteiger partial charge in [0.05, 0.1) is 6.61 Å². The molecule has 7 nitrogen and oxygen atoms in total. The second-order valence-corrected chi connectivity index (χ2v) is 4.51. The Morgan fingerprint density at radius 1 is 1.38 bits per heavy atom. The second kappa shape index (κ2) is 8.93. The zero-order valence-corrected chi connectivity index (χ0v) is 12.3. The van der Waals surface area contributed by atoms with E-state index in [1.807, 2.05) is 6.07 Å². The van der Waals surface area contributed by atoms with E-state index in [0.717, 1.165) is 5.56 Å². The Hall–Kier alpha value is -2.12. The van der Waals surface area contributed by atoms with Crippen LogP contribution in [0.1, 0.15) is 12.5 Å². The smallest absolute Gasteiger partial charge is 0.319 e. The maximum Gasteiger partial charge on any atom is 0.319 e. The highest BCUT2D eigenvalue weighted by Crippen LogP contribution is 2.09. The molecule has 7 heteroatoms. The highest BCUT2D eigenvalue weighted by atomic mass is 16.5. The van der Waals surface area contributed by atoms with E-state index < -0.39 is 12.1 Å². The topological polar surface area (TPSA) is 105 Å². The Balaban J connectivity index is 2.43. The number of rotatable bonds is 7. The number of hydrogen-bond donors (Lipinski definition) is 4. The quantitative estimate of drug-likeness (QED) is 0.547. The van der Waals surface area contributed by atoms with Crippen molar-refractivity contribution < 1.29 is 14.3 Å². The van der Waals surface area contributed by atoms with Gasteiger partial charge in [0.2, 0.25) is 5.91 Å². The average molecular weight is 294 g/mol. The van der Waals surface area contributed by atoms with E-state index in [1.54, 1.807) is 32.2 Å². The average Bonchev–Trinajstić information content (AvgIpc) is 2.47. The number of nitrogens with one attached hydrogen (secondary N) is 3. The predicted molar refractivity (Wildman–Crippen MR) is 80.8 cm³/mol. The SMILES string of the molecule is COCCNC(=O)C(C)NC(=O)Nc1cccc(CN)c1. The van der Waals surface area contributed by atoms with E-state index in [-0.39, 0.29) is 5.91 Å². The van der Waals surface area contributed by atoms with Gasteiger partial charge in [-0.05, 0) is 24.6 Å². The first-order valence-electron chi connectivity index (χ1n) is 6.70. The van der Waals surface area contributed by atoms with Gasteiger partial charge in [-0.3, -0.25) is 4.79 Å². The van der Waals surface area contributed by atoms with Crippen molar-refractivity contribution in [2.24, 2.45) is 5.73 Å². The molecule has 0 fully saturated rings. The first-order valence-corrected chi connectivity index (χ1v) is 6.70. The molecule has 0 bridgehead atoms. The third kappa shape index (κ3) is 6.24. The Labute approximate surface area is 124 Å². The van der Waals surface area contributed by atoms with Crippen molar-refractivity contribution in [1.29, 1.82) is 0 Å². The third-order valence-electron chi connectivity index (χ3n) is 2.77. The molecule has 0 spiro atoms. The van der Waals surface area contributed by atoms with E-state index in [4.69, 9.17) is 10.5 Å². The Morgan fingerprint density at radius 3 is 2.81 bits per heavy atom. The molecule has 0 aromatic heterocycles. The summed E-state index contributed by atoms with van der Waals surface area (Å²) in [5, 5.41) is 7.87. The molecule has 1 unspecified atom stereocenters. The van der Waals surface area contributed by atoms with E-state index in [9.17, 15) is 9.59 Å². The highest BCUT2D eigenvalue weighted by molar-refractivity contribution is 5.93. The summed E-state index contributed by atoms with van der Waals surface area (Å²) in [6.07, 6.45) is 0. The van der Waals surface area contributed by atoms with Gasteiger partial charge < -0.3 is 26.4 Å². The van der Waals surface area contributed by atoms with Gasteiger partial charge in [0.25, 0.3) is 0 Å². The lowest BCUT2D eigenvalue weighted by atomic mass is 10.2. The number of carbonyl (C=O) groups is 2. The van der Waals surface area contributed by atoms with Crippen molar-refractivity contribution in [2.75, 3.05) is 25.6 Å². The van der Waals surface area contributed by atoms with Crippen LogP contribution < -0.4 is 21.7 Å². The van der Waals surface area contributed by atoms with Crippen LogP contribution in [0.4, 0.5) is 10.5 Å². The number of urea groups is 1. The summed E-state index contributed by atoms with van der Waals surface area (Å²) >= 11 is 0. The van der Waals surface area contributed by atoms with Crippen LogP contribution in [0.15, 0.2) is 24.3 Å². The van der Waals surface area contributed by atoms with Crippen LogP contribution in [0.5, 0.6) is 0 Å². The van der Waals surface area contributed by atoms with Gasteiger partial charge in [-0.1, -0.05) is 12.1 Å². The maximum absolute atomic E-state index is 11.8. The second-order valence-electron chi connectivity index (χ2n) is 4.51. The van der Waals surface area contributed by atoms with Crippen molar-refractivity contribution >= 4 is 17.6 Å². The molecule has 0 radical (unpaired) electrons. The number of benzene rings is 1. The first-order chi connectivity index (χ1) is 10.1. The molecule has 116 valence electrons. The lowest BCUT2D eigenvalue weighted by molar-refractivity contribution is -0.122. The molecular weight excluding hydrogens is 272 g/mol. The zero-order valence-electron chi connectivity index (χ0n) is 12.3. The van der Waals surface area contributed by atoms with Gasteiger partial charge in [0.1, 0.15) is 6.04 Å². The van der Waals surface area contributed by atoms with Crippen molar-refractivity contribution in [3.05, 3.63) is 29.8 Å². The number of hydrogen-bond acceptors (Lipinski definition) is 4. The molecule has 1 aromatic rings. The standard InChI is InChI=1S/C14H22N4O3/c1-10(13(19)16-6-7-21-2)17-14(20)18-12-5-3-4-11(8-12)9-15/h3-5,8,10H,6-7,9,15H2,1-2H3,(H,16,19)(H2,17,18,20). The summed E-state index contributed by atoms with van der Waals surface area (Å²) in [6, 6.07) is 6.12. The van der Waals surface area contributed by atoms with Gasteiger partial charge in [0, 0.05) is 25.9 Å². The summed E-state index contributed by atoms with van der Waals surface area (Å²) in [5.74, 6) is -0.266. The minimum Gasteiger partial charge on any atom is -0.383 e. The Morgan fingerprint density at radius 2 is 2.14 bits per heavy atom. The summed E-state index contributed by atoms with van der Waals surface area (Å²) in [7, 11) is 1.55. The van der Waals surface area contributed by atoms with Crippen molar-refractivity contribution in [3.8, 4) is 0 Å². The largest absolute Gasteiger partial charge is 0.383 e. The highest BCUT2D eigenvalue weighted by Gasteiger charge is 2.14. The fourth-order valence-electron chi connectivity index (χ4n) is 1.63. The lowest BCUT2D eigenvalue weighted by Crippen LogP contribution is -2.46. The Kier molecular flexibility index (Phi) is 7.20. The van der Waals surface area contributed by atoms with Crippen molar-refractivity contribution in [2.45, 2.75) is 19.5 Å². The molecule has 0 saturated heterocycles. The monoisotopic (exact) mass is 294 g/mol. The summed E-state index contributed by atoms with van der Waals surface area (Å²) in [6.45, 7) is 2.84. The maximum atomic E-state index is 11.8. The van der Waals surface area contributed by atoms with Crippen LogP contribution in [0, 0.1) is 0 Å². The van der Waals surface area contributed by atoms with Gasteiger partial charge >= 0.3 is 6.03 Å². The molecule has 0 heterocycles. The number of carbonyl (C=O) groups excluding carboxylic acids is 2. The fourth-order valence-corrected chi connectivity index (χ4v) is 1.63. The van der Waals surface area contributed by atoms with Crippen molar-refractivity contribution in [3.63, 3.8) is 0 Å². The van der Waals surface area contributed by atoms with E-state index in [1.165, 1.54) is 0 Å². The lowest BCUT2D eigenvalue weighted by Gasteiger charge is -2.15. The van der Waals surface area contributed by atoms with Crippen LogP contribution >= 0.6 is 0 Å². The molecule has 1 rings (SSSR count). The summed E-state index contributed by atoms with van der Waals surface area (Å²) in [5.41, 5.74) is 7.08. The van der Waals surface area contributed by atoms with Gasteiger partial charge in [-0.2, -0.15) is 0 Å². The number of anilines is 1. The molecule has 21 heavy (non-hydrogen) atoms. The molecule has 0 saturated carbocycles. The summed E-state index contributed by atoms with van der Waals surface area (Å²) in [4.78, 5) is 23.5. The van der Waals surface area contributed by atoms with E-state index >= 15 is 0 Å². The van der Waals surface area contributed by atoms with Gasteiger partial charge in [-0.25, -0.2) is 4.79 Å². The predicted octanol–water partition coefficient (Wildman–Crippen LogP) is 0.418. The molecule has 0 aliphatic rings. The van der Waals surface area contributed by atoms with Crippen LogP contribution in [0.2, 0.25) is 0 Å². The number of methoxy groups -OCH3 is 1. The van der Waals surface area contributed by atoms with Crippen LogP contribution in [-0.4, -0.2) is 38.2 Å². The molecule has 0 aliphatic carbocycles. The Bertz CT molecular complexity index is 479. The fraction of sp³-hybridized carbons (Fsp3) is 0.429. The van der Waals surface area contributed by atoms with E-state index in [2.05, 4.69) is 16.0 Å². The molecule has 1 atom stereocenters. The first kappa shape index (κ1) is 16.9. The van der Waals surface area contributed by atoms with E-state index in [0.29, 0.717) is 25.4 Å². The van der Waals surface area contributed by atoms with Crippen LogP contribution in [0.25, 0.3) is 0 Å². The molecule has 3 amide bonds. The third-order valence-corrected chi connectivity index (χ3v) is 2.77. The van der Waals surface area contributed by atoms with Crippen molar-refractivity contribution in [1.82, 2.24) is 10.6 Å². The normalized spacial score (nSPS) is 11.6. The molecular formula is C14H22N4O3. The molecule has 1 aromatic carbocycles. The van der Waals surface area contributed by atoms with Crippen LogP contribution in [-0.2, 0) is 16.1 Å². The summed E-state index contributed by atoms with van der Waals surface area (Å²) < 4.78 is 4.83.